The number of rotatable bonds is 5. The van der Waals surface area contributed by atoms with Crippen LogP contribution in [-0.4, -0.2) is 32.3 Å². The van der Waals surface area contributed by atoms with Gasteiger partial charge >= 0.3 is 0 Å². The normalized spacial score (nSPS) is 24.6. The van der Waals surface area contributed by atoms with Gasteiger partial charge in [0.25, 0.3) is 0 Å². The Kier molecular flexibility index (Phi) is 4.87. The smallest absolute Gasteiger partial charge is 0.188 e. The summed E-state index contributed by atoms with van der Waals surface area (Å²) in [6.07, 6.45) is 10.2. The van der Waals surface area contributed by atoms with E-state index < -0.39 is 0 Å². The average molecular weight is 253 g/mol. The zero-order valence-electron chi connectivity index (χ0n) is 11.6. The molecule has 0 aromatic heterocycles. The molecular weight excluding hydrogens is 226 g/mol. The van der Waals surface area contributed by atoms with E-state index in [1.165, 1.54) is 51.4 Å². The molecule has 2 fully saturated rings. The van der Waals surface area contributed by atoms with E-state index in [0.29, 0.717) is 12.0 Å². The summed E-state index contributed by atoms with van der Waals surface area (Å²) in [7, 11) is 1.79. The van der Waals surface area contributed by atoms with Gasteiger partial charge in [-0.05, 0) is 32.1 Å². The predicted molar refractivity (Wildman–Crippen MR) is 74.7 cm³/mol. The minimum Gasteiger partial charge on any atom is -0.384 e. The van der Waals surface area contributed by atoms with E-state index in [0.717, 1.165) is 13.2 Å². The highest BCUT2D eigenvalue weighted by atomic mass is 16.5. The van der Waals surface area contributed by atoms with Crippen LogP contribution in [0.3, 0.4) is 0 Å². The quantitative estimate of drug-likeness (QED) is 0.582. The highest BCUT2D eigenvalue weighted by molar-refractivity contribution is 5.78. The van der Waals surface area contributed by atoms with Crippen molar-refractivity contribution in [3.05, 3.63) is 0 Å². The van der Waals surface area contributed by atoms with E-state index in [1.807, 2.05) is 0 Å². The maximum Gasteiger partial charge on any atom is 0.188 e. The van der Waals surface area contributed by atoms with Crippen LogP contribution in [-0.2, 0) is 4.74 Å². The van der Waals surface area contributed by atoms with E-state index in [9.17, 15) is 0 Å². The van der Waals surface area contributed by atoms with Crippen molar-refractivity contribution in [2.75, 3.05) is 20.3 Å². The van der Waals surface area contributed by atoms with Gasteiger partial charge in [-0.1, -0.05) is 19.3 Å². The standard InChI is InChI=1S/C14H27N3O/c1-18-11-14(8-3-2-4-9-14)10-16-13(15)17-12-6-5-7-12/h12H,2-11H2,1H3,(H3,15,16,17). The van der Waals surface area contributed by atoms with Crippen LogP contribution in [0.5, 0.6) is 0 Å². The van der Waals surface area contributed by atoms with Gasteiger partial charge in [0.15, 0.2) is 5.96 Å². The van der Waals surface area contributed by atoms with Crippen LogP contribution in [0.2, 0.25) is 0 Å². The molecule has 3 N–H and O–H groups in total. The Morgan fingerprint density at radius 3 is 2.56 bits per heavy atom. The van der Waals surface area contributed by atoms with E-state index in [4.69, 9.17) is 10.5 Å². The maximum atomic E-state index is 5.95. The Hall–Kier alpha value is -0.770. The van der Waals surface area contributed by atoms with Gasteiger partial charge in [-0.25, -0.2) is 0 Å². The maximum absolute atomic E-state index is 5.95. The van der Waals surface area contributed by atoms with Gasteiger partial charge in [0.2, 0.25) is 0 Å². The topological polar surface area (TPSA) is 59.6 Å². The summed E-state index contributed by atoms with van der Waals surface area (Å²) in [5.74, 6) is 0.626. The fourth-order valence-electron chi connectivity index (χ4n) is 3.02. The van der Waals surface area contributed by atoms with Crippen molar-refractivity contribution in [3.8, 4) is 0 Å². The van der Waals surface area contributed by atoms with Crippen LogP contribution in [0, 0.1) is 5.41 Å². The van der Waals surface area contributed by atoms with Gasteiger partial charge in [-0.15, -0.1) is 0 Å². The zero-order chi connectivity index (χ0) is 12.8. The van der Waals surface area contributed by atoms with Crippen molar-refractivity contribution < 1.29 is 4.74 Å². The SMILES string of the molecule is COCC1(CN=C(N)NC2CCC2)CCCCC1. The molecular formula is C14H27N3O. The molecule has 104 valence electrons. The Morgan fingerprint density at radius 2 is 2.00 bits per heavy atom. The van der Waals surface area contributed by atoms with Gasteiger partial charge in [0, 0.05) is 18.6 Å². The fourth-order valence-corrected chi connectivity index (χ4v) is 3.02. The molecule has 0 amide bonds. The number of hydrogen-bond donors (Lipinski definition) is 2. The second-order valence-corrected chi connectivity index (χ2v) is 5.97. The first kappa shape index (κ1) is 13.7. The molecule has 0 aromatic carbocycles. The third-order valence-corrected chi connectivity index (χ3v) is 4.41. The number of guanidine groups is 1. The molecule has 0 aromatic rings. The van der Waals surface area contributed by atoms with Gasteiger partial charge in [0.05, 0.1) is 13.2 Å². The van der Waals surface area contributed by atoms with Crippen molar-refractivity contribution in [2.24, 2.45) is 16.1 Å². The largest absolute Gasteiger partial charge is 0.384 e. The molecule has 2 rings (SSSR count). The summed E-state index contributed by atoms with van der Waals surface area (Å²) < 4.78 is 5.40. The number of methoxy groups -OCH3 is 1. The van der Waals surface area contributed by atoms with E-state index in [2.05, 4.69) is 10.3 Å². The first-order chi connectivity index (χ1) is 8.74. The molecule has 0 saturated heterocycles. The Balaban J connectivity index is 1.84. The van der Waals surface area contributed by atoms with Crippen molar-refractivity contribution in [2.45, 2.75) is 57.4 Å². The van der Waals surface area contributed by atoms with E-state index >= 15 is 0 Å². The first-order valence-corrected chi connectivity index (χ1v) is 7.29. The predicted octanol–water partition coefficient (Wildman–Crippen LogP) is 2.04. The second-order valence-electron chi connectivity index (χ2n) is 5.97. The molecule has 4 heteroatoms. The minimum atomic E-state index is 0.235. The number of hydrogen-bond acceptors (Lipinski definition) is 2. The lowest BCUT2D eigenvalue weighted by Gasteiger charge is -2.35. The number of nitrogens with two attached hydrogens (primary N) is 1. The van der Waals surface area contributed by atoms with Gasteiger partial charge in [0.1, 0.15) is 0 Å². The lowest BCUT2D eigenvalue weighted by molar-refractivity contribution is 0.0555. The molecule has 0 bridgehead atoms. The van der Waals surface area contributed by atoms with Crippen LogP contribution >= 0.6 is 0 Å². The highest BCUT2D eigenvalue weighted by Gasteiger charge is 2.32. The Morgan fingerprint density at radius 1 is 1.28 bits per heavy atom. The lowest BCUT2D eigenvalue weighted by atomic mass is 9.75. The summed E-state index contributed by atoms with van der Waals surface area (Å²) in [5.41, 5.74) is 6.19. The van der Waals surface area contributed by atoms with Crippen molar-refractivity contribution in [1.82, 2.24) is 5.32 Å². The van der Waals surface area contributed by atoms with Gasteiger partial charge in [-0.2, -0.15) is 0 Å². The van der Waals surface area contributed by atoms with Crippen molar-refractivity contribution in [3.63, 3.8) is 0 Å². The lowest BCUT2D eigenvalue weighted by Crippen LogP contribution is -2.44. The van der Waals surface area contributed by atoms with E-state index in [1.54, 1.807) is 7.11 Å². The molecule has 0 spiro atoms. The molecule has 2 aliphatic rings. The molecule has 0 atom stereocenters. The summed E-state index contributed by atoms with van der Waals surface area (Å²) in [5, 5.41) is 3.30. The van der Waals surface area contributed by atoms with Crippen molar-refractivity contribution >= 4 is 5.96 Å². The fraction of sp³-hybridized carbons (Fsp3) is 0.929. The molecule has 2 aliphatic carbocycles. The molecule has 0 heterocycles. The second kappa shape index (κ2) is 6.41. The first-order valence-electron chi connectivity index (χ1n) is 7.29. The Labute approximate surface area is 110 Å². The number of ether oxygens (including phenoxy) is 1. The summed E-state index contributed by atoms with van der Waals surface area (Å²) in [6, 6.07) is 0.568. The van der Waals surface area contributed by atoms with Gasteiger partial charge < -0.3 is 15.8 Å². The third-order valence-electron chi connectivity index (χ3n) is 4.41. The molecule has 4 nitrogen and oxygen atoms in total. The van der Waals surface area contributed by atoms with Gasteiger partial charge in [-0.3, -0.25) is 4.99 Å². The summed E-state index contributed by atoms with van der Waals surface area (Å²) >= 11 is 0. The van der Waals surface area contributed by atoms with Crippen LogP contribution in [0.1, 0.15) is 51.4 Å². The van der Waals surface area contributed by atoms with Crippen LogP contribution in [0.25, 0.3) is 0 Å². The molecule has 0 aliphatic heterocycles. The Bertz CT molecular complexity index is 275. The molecule has 0 unspecified atom stereocenters. The van der Waals surface area contributed by atoms with Crippen LogP contribution in [0.4, 0.5) is 0 Å². The third kappa shape index (κ3) is 3.61. The molecule has 0 radical (unpaired) electrons. The van der Waals surface area contributed by atoms with Crippen LogP contribution in [0.15, 0.2) is 4.99 Å². The highest BCUT2D eigenvalue weighted by Crippen LogP contribution is 2.36. The minimum absolute atomic E-state index is 0.235. The summed E-state index contributed by atoms with van der Waals surface area (Å²) in [6.45, 7) is 1.62. The van der Waals surface area contributed by atoms with Crippen LogP contribution < -0.4 is 11.1 Å². The monoisotopic (exact) mass is 253 g/mol. The molecule has 2 saturated carbocycles. The molecule has 18 heavy (non-hydrogen) atoms. The number of aliphatic imine (C=N–C) groups is 1. The average Bonchev–Trinajstić information content (AvgIpc) is 2.33. The van der Waals surface area contributed by atoms with Crippen molar-refractivity contribution in [1.29, 1.82) is 0 Å². The number of nitrogens with zero attached hydrogens (tertiary/aromatic N) is 1. The number of nitrogens with one attached hydrogen (secondary N) is 1. The van der Waals surface area contributed by atoms with E-state index in [-0.39, 0.29) is 5.41 Å². The zero-order valence-corrected chi connectivity index (χ0v) is 11.6. The summed E-state index contributed by atoms with van der Waals surface area (Å²) in [4.78, 5) is 4.56.